The fraction of sp³-hybridized carbons (Fsp3) is 0.353. The molecule has 6 nitrogen and oxygen atoms in total. The van der Waals surface area contributed by atoms with Gasteiger partial charge in [-0.25, -0.2) is 4.68 Å². The van der Waals surface area contributed by atoms with Crippen molar-refractivity contribution in [2.45, 2.75) is 26.7 Å². The molecule has 23 heavy (non-hydrogen) atoms. The van der Waals surface area contributed by atoms with Crippen LogP contribution in [0.3, 0.4) is 0 Å². The molecule has 0 saturated heterocycles. The molecule has 0 fully saturated rings. The Morgan fingerprint density at radius 3 is 2.61 bits per heavy atom. The van der Waals surface area contributed by atoms with E-state index in [0.717, 1.165) is 16.9 Å². The van der Waals surface area contributed by atoms with Crippen molar-refractivity contribution >= 4 is 11.9 Å². The number of carboxylic acids is 1. The lowest BCUT2D eigenvalue weighted by molar-refractivity contribution is -0.137. The second-order valence-corrected chi connectivity index (χ2v) is 5.43. The topological polar surface area (TPSA) is 75.4 Å². The summed E-state index contributed by atoms with van der Waals surface area (Å²) in [6, 6.07) is 7.85. The molecule has 0 unspecified atom stereocenters. The van der Waals surface area contributed by atoms with Gasteiger partial charge < -0.3 is 10.0 Å². The Kier molecular flexibility index (Phi) is 5.16. The SMILES string of the molecule is CCc1c(C(=O)N(C)CCC(=O)O)cnn1-c1ccccc1C. The van der Waals surface area contributed by atoms with Crippen LogP contribution in [-0.2, 0) is 11.2 Å². The molecule has 6 heteroatoms. The predicted molar refractivity (Wildman–Crippen MR) is 86.9 cm³/mol. The summed E-state index contributed by atoms with van der Waals surface area (Å²) in [5, 5.41) is 13.1. The summed E-state index contributed by atoms with van der Waals surface area (Å²) in [5.74, 6) is -1.13. The maximum atomic E-state index is 12.5. The van der Waals surface area contributed by atoms with Gasteiger partial charge in [-0.15, -0.1) is 0 Å². The normalized spacial score (nSPS) is 10.6. The van der Waals surface area contributed by atoms with Crippen LogP contribution in [0.25, 0.3) is 5.69 Å². The average molecular weight is 315 g/mol. The average Bonchev–Trinajstić information content (AvgIpc) is 2.95. The first-order valence-corrected chi connectivity index (χ1v) is 7.55. The number of rotatable bonds is 6. The minimum absolute atomic E-state index is 0.0738. The van der Waals surface area contributed by atoms with Crippen molar-refractivity contribution in [1.29, 1.82) is 0 Å². The Balaban J connectivity index is 2.33. The number of benzene rings is 1. The van der Waals surface area contributed by atoms with E-state index in [9.17, 15) is 9.59 Å². The number of carbonyl (C=O) groups is 2. The summed E-state index contributed by atoms with van der Waals surface area (Å²) in [6.07, 6.45) is 2.14. The molecule has 2 rings (SSSR count). The molecule has 0 aliphatic rings. The molecule has 1 aromatic heterocycles. The minimum Gasteiger partial charge on any atom is -0.481 e. The number of nitrogens with zero attached hydrogens (tertiary/aromatic N) is 3. The summed E-state index contributed by atoms with van der Waals surface area (Å²) < 4.78 is 1.79. The van der Waals surface area contributed by atoms with Crippen LogP contribution >= 0.6 is 0 Å². The van der Waals surface area contributed by atoms with Gasteiger partial charge in [-0.3, -0.25) is 9.59 Å². The highest BCUT2D eigenvalue weighted by Crippen LogP contribution is 2.19. The molecule has 0 aliphatic heterocycles. The maximum absolute atomic E-state index is 12.5. The number of hydrogen-bond donors (Lipinski definition) is 1. The second-order valence-electron chi connectivity index (χ2n) is 5.43. The number of aromatic nitrogens is 2. The van der Waals surface area contributed by atoms with Crippen molar-refractivity contribution in [3.05, 3.63) is 47.3 Å². The highest BCUT2D eigenvalue weighted by molar-refractivity contribution is 5.95. The highest BCUT2D eigenvalue weighted by atomic mass is 16.4. The van der Waals surface area contributed by atoms with Crippen LogP contribution in [0.2, 0.25) is 0 Å². The van der Waals surface area contributed by atoms with Crippen LogP contribution in [0.1, 0.15) is 35.0 Å². The Labute approximate surface area is 135 Å². The summed E-state index contributed by atoms with van der Waals surface area (Å²) in [6.45, 7) is 4.14. The molecule has 122 valence electrons. The molecule has 1 N–H and O–H groups in total. The maximum Gasteiger partial charge on any atom is 0.305 e. The smallest absolute Gasteiger partial charge is 0.305 e. The first-order valence-electron chi connectivity index (χ1n) is 7.55. The summed E-state index contributed by atoms with van der Waals surface area (Å²) in [4.78, 5) is 24.6. The number of hydrogen-bond acceptors (Lipinski definition) is 3. The molecule has 0 spiro atoms. The van der Waals surface area contributed by atoms with Gasteiger partial charge in [0.15, 0.2) is 0 Å². The van der Waals surface area contributed by atoms with Gasteiger partial charge in [0.05, 0.1) is 29.6 Å². The monoisotopic (exact) mass is 315 g/mol. The lowest BCUT2D eigenvalue weighted by Gasteiger charge is -2.16. The number of para-hydroxylation sites is 1. The summed E-state index contributed by atoms with van der Waals surface area (Å²) >= 11 is 0. The molecule has 1 aromatic carbocycles. The molecule has 1 heterocycles. The molecule has 0 aliphatic carbocycles. The molecule has 0 radical (unpaired) electrons. The van der Waals surface area contributed by atoms with E-state index in [-0.39, 0.29) is 18.9 Å². The Morgan fingerprint density at radius 2 is 2.00 bits per heavy atom. The van der Waals surface area contributed by atoms with Crippen LogP contribution in [0.15, 0.2) is 30.5 Å². The highest BCUT2D eigenvalue weighted by Gasteiger charge is 2.21. The van der Waals surface area contributed by atoms with Gasteiger partial charge in [-0.2, -0.15) is 5.10 Å². The van der Waals surface area contributed by atoms with Crippen LogP contribution in [0.5, 0.6) is 0 Å². The van der Waals surface area contributed by atoms with Crippen molar-refractivity contribution in [3.8, 4) is 5.69 Å². The zero-order valence-electron chi connectivity index (χ0n) is 13.6. The molecule has 0 bridgehead atoms. The van der Waals surface area contributed by atoms with Gasteiger partial charge in [0.1, 0.15) is 0 Å². The fourth-order valence-electron chi connectivity index (χ4n) is 2.47. The Hall–Kier alpha value is -2.63. The predicted octanol–water partition coefficient (Wildman–Crippen LogP) is 2.29. The number of aliphatic carboxylic acids is 1. The van der Waals surface area contributed by atoms with E-state index in [2.05, 4.69) is 5.10 Å². The second kappa shape index (κ2) is 7.09. The number of carboxylic acid groups (broad SMARTS) is 1. The fourth-order valence-corrected chi connectivity index (χ4v) is 2.47. The van der Waals surface area contributed by atoms with Crippen molar-refractivity contribution in [1.82, 2.24) is 14.7 Å². The Bertz CT molecular complexity index is 722. The first-order chi connectivity index (χ1) is 11.0. The third kappa shape index (κ3) is 3.59. The van der Waals surface area contributed by atoms with Crippen molar-refractivity contribution in [2.75, 3.05) is 13.6 Å². The molecular weight excluding hydrogens is 294 g/mol. The zero-order valence-corrected chi connectivity index (χ0v) is 13.6. The first kappa shape index (κ1) is 16.7. The van der Waals surface area contributed by atoms with Crippen molar-refractivity contribution in [3.63, 3.8) is 0 Å². The van der Waals surface area contributed by atoms with Crippen LogP contribution in [0, 0.1) is 6.92 Å². The molecule has 0 saturated carbocycles. The zero-order chi connectivity index (χ0) is 17.0. The molecule has 0 atom stereocenters. The molecular formula is C17H21N3O3. The van der Waals surface area contributed by atoms with Gasteiger partial charge >= 0.3 is 5.97 Å². The largest absolute Gasteiger partial charge is 0.481 e. The van der Waals surface area contributed by atoms with Crippen LogP contribution in [-0.4, -0.2) is 45.3 Å². The standard InChI is InChI=1S/C17H21N3O3/c1-4-14-13(17(23)19(3)10-9-16(21)22)11-18-20(14)15-8-6-5-7-12(15)2/h5-8,11H,4,9-10H2,1-3H3,(H,21,22). The minimum atomic E-state index is -0.920. The van der Waals surface area contributed by atoms with E-state index in [1.807, 2.05) is 38.1 Å². The van der Waals surface area contributed by atoms with E-state index in [4.69, 9.17) is 5.11 Å². The lowest BCUT2D eigenvalue weighted by atomic mass is 10.1. The van der Waals surface area contributed by atoms with Gasteiger partial charge in [-0.05, 0) is 25.0 Å². The number of carbonyl (C=O) groups excluding carboxylic acids is 1. The summed E-state index contributed by atoms with van der Waals surface area (Å²) in [5.41, 5.74) is 3.36. The van der Waals surface area contributed by atoms with Gasteiger partial charge in [0.2, 0.25) is 0 Å². The summed E-state index contributed by atoms with van der Waals surface area (Å²) in [7, 11) is 1.61. The van der Waals surface area contributed by atoms with Gasteiger partial charge in [0, 0.05) is 13.6 Å². The van der Waals surface area contributed by atoms with Crippen LogP contribution < -0.4 is 0 Å². The van der Waals surface area contributed by atoms with E-state index < -0.39 is 5.97 Å². The molecule has 1 amide bonds. The number of aryl methyl sites for hydroxylation is 1. The third-order valence-corrected chi connectivity index (χ3v) is 3.79. The third-order valence-electron chi connectivity index (χ3n) is 3.79. The van der Waals surface area contributed by atoms with Crippen molar-refractivity contribution < 1.29 is 14.7 Å². The van der Waals surface area contributed by atoms with E-state index in [0.29, 0.717) is 12.0 Å². The lowest BCUT2D eigenvalue weighted by Crippen LogP contribution is -2.29. The number of amides is 1. The quantitative estimate of drug-likeness (QED) is 0.887. The van der Waals surface area contributed by atoms with E-state index >= 15 is 0 Å². The van der Waals surface area contributed by atoms with Crippen molar-refractivity contribution in [2.24, 2.45) is 0 Å². The van der Waals surface area contributed by atoms with Gasteiger partial charge in [-0.1, -0.05) is 25.1 Å². The molecule has 2 aromatic rings. The van der Waals surface area contributed by atoms with E-state index in [1.165, 1.54) is 4.90 Å². The Morgan fingerprint density at radius 1 is 1.30 bits per heavy atom. The van der Waals surface area contributed by atoms with Gasteiger partial charge in [0.25, 0.3) is 5.91 Å². The van der Waals surface area contributed by atoms with Crippen LogP contribution in [0.4, 0.5) is 0 Å². The van der Waals surface area contributed by atoms with E-state index in [1.54, 1.807) is 17.9 Å².